The Morgan fingerprint density at radius 2 is 1.96 bits per heavy atom. The molecule has 148 valence electrons. The molecule has 3 rings (SSSR count). The van der Waals surface area contributed by atoms with E-state index in [1.54, 1.807) is 36.3 Å². The van der Waals surface area contributed by atoms with E-state index >= 15 is 0 Å². The van der Waals surface area contributed by atoms with E-state index in [9.17, 15) is 9.59 Å². The van der Waals surface area contributed by atoms with E-state index in [0.717, 1.165) is 23.4 Å². The molecule has 0 aliphatic carbocycles. The van der Waals surface area contributed by atoms with Crippen molar-refractivity contribution >= 4 is 17.6 Å². The lowest BCUT2D eigenvalue weighted by Gasteiger charge is -2.36. The van der Waals surface area contributed by atoms with Gasteiger partial charge in [0.1, 0.15) is 11.5 Å². The number of carbonyl (C=O) groups excluding carboxylic acids is 1. The molecule has 1 N–H and O–H groups in total. The number of benzene rings is 2. The Bertz CT molecular complexity index is 877. The molecule has 1 atom stereocenters. The van der Waals surface area contributed by atoms with E-state index in [0.29, 0.717) is 29.7 Å². The number of hydrogen-bond acceptors (Lipinski definition) is 4. The number of hydrogen-bond donors (Lipinski definition) is 1. The summed E-state index contributed by atoms with van der Waals surface area (Å²) in [5.74, 6) is 0.725. The fraction of sp³-hybridized carbons (Fsp3) is 0.364. The van der Waals surface area contributed by atoms with Crippen LogP contribution in [-0.4, -0.2) is 37.2 Å². The van der Waals surface area contributed by atoms with Crippen molar-refractivity contribution in [3.8, 4) is 11.5 Å². The van der Waals surface area contributed by atoms with E-state index < -0.39 is 12.6 Å². The highest BCUT2D eigenvalue weighted by atomic mass is 16.5. The molecule has 1 unspecified atom stereocenters. The molecule has 6 heteroatoms. The van der Waals surface area contributed by atoms with Gasteiger partial charge in [-0.05, 0) is 60.2 Å². The number of aliphatic carboxylic acids is 1. The molecule has 0 radical (unpaired) electrons. The highest BCUT2D eigenvalue weighted by molar-refractivity contribution is 6.07. The quantitative estimate of drug-likeness (QED) is 0.824. The molecule has 0 saturated carbocycles. The molecule has 1 aliphatic heterocycles. The molecular weight excluding hydrogens is 358 g/mol. The molecule has 0 saturated heterocycles. The SMILES string of the molecule is COc1ccc2c(c1)CC(C(C)C)CN2C(=O)c1cccc(OCC(=O)O)c1. The van der Waals surface area contributed by atoms with E-state index in [-0.39, 0.29) is 5.91 Å². The average molecular weight is 383 g/mol. The summed E-state index contributed by atoms with van der Waals surface area (Å²) in [6.07, 6.45) is 0.899. The molecule has 6 nitrogen and oxygen atoms in total. The normalized spacial score (nSPS) is 15.9. The van der Waals surface area contributed by atoms with Crippen LogP contribution < -0.4 is 14.4 Å². The molecule has 1 amide bonds. The summed E-state index contributed by atoms with van der Waals surface area (Å²) < 4.78 is 10.6. The third-order valence-corrected chi connectivity index (χ3v) is 5.11. The first-order valence-electron chi connectivity index (χ1n) is 9.32. The van der Waals surface area contributed by atoms with Crippen LogP contribution in [0.5, 0.6) is 11.5 Å². The van der Waals surface area contributed by atoms with Crippen LogP contribution in [-0.2, 0) is 11.2 Å². The van der Waals surface area contributed by atoms with Crippen molar-refractivity contribution < 1.29 is 24.2 Å². The van der Waals surface area contributed by atoms with Crippen LogP contribution in [0.25, 0.3) is 0 Å². The summed E-state index contributed by atoms with van der Waals surface area (Å²) in [4.78, 5) is 25.8. The standard InChI is InChI=1S/C22H25NO5/c1-14(2)17-9-16-11-18(27-3)7-8-20(16)23(12-17)22(26)15-5-4-6-19(10-15)28-13-21(24)25/h4-8,10-11,14,17H,9,12-13H2,1-3H3,(H,24,25). The van der Waals surface area contributed by atoms with Crippen molar-refractivity contribution in [1.82, 2.24) is 0 Å². The number of rotatable bonds is 6. The zero-order chi connectivity index (χ0) is 20.3. The average Bonchev–Trinajstić information content (AvgIpc) is 2.70. The Hall–Kier alpha value is -3.02. The molecular formula is C22H25NO5. The summed E-state index contributed by atoms with van der Waals surface area (Å²) in [6.45, 7) is 4.52. The predicted molar refractivity (Wildman–Crippen MR) is 106 cm³/mol. The summed E-state index contributed by atoms with van der Waals surface area (Å²) in [5.41, 5.74) is 2.45. The van der Waals surface area contributed by atoms with Gasteiger partial charge in [-0.15, -0.1) is 0 Å². The second-order valence-electron chi connectivity index (χ2n) is 7.33. The first-order valence-corrected chi connectivity index (χ1v) is 9.32. The number of amides is 1. The largest absolute Gasteiger partial charge is 0.497 e. The van der Waals surface area contributed by atoms with Crippen LogP contribution in [0, 0.1) is 11.8 Å². The highest BCUT2D eigenvalue weighted by Crippen LogP contribution is 2.36. The van der Waals surface area contributed by atoms with Crippen molar-refractivity contribution in [2.24, 2.45) is 11.8 Å². The highest BCUT2D eigenvalue weighted by Gasteiger charge is 2.31. The number of carbonyl (C=O) groups is 2. The lowest BCUT2D eigenvalue weighted by Crippen LogP contribution is -2.41. The van der Waals surface area contributed by atoms with E-state index in [2.05, 4.69) is 13.8 Å². The molecule has 2 aromatic rings. The molecule has 1 heterocycles. The van der Waals surface area contributed by atoms with Crippen molar-refractivity contribution in [2.75, 3.05) is 25.2 Å². The maximum Gasteiger partial charge on any atom is 0.341 e. The smallest absolute Gasteiger partial charge is 0.341 e. The second kappa shape index (κ2) is 8.33. The summed E-state index contributed by atoms with van der Waals surface area (Å²) in [7, 11) is 1.63. The van der Waals surface area contributed by atoms with Gasteiger partial charge in [0.15, 0.2) is 6.61 Å². The van der Waals surface area contributed by atoms with Gasteiger partial charge in [0.05, 0.1) is 7.11 Å². The molecule has 28 heavy (non-hydrogen) atoms. The summed E-state index contributed by atoms with van der Waals surface area (Å²) in [5, 5.41) is 8.78. The summed E-state index contributed by atoms with van der Waals surface area (Å²) in [6, 6.07) is 12.4. The van der Waals surface area contributed by atoms with Gasteiger partial charge in [0, 0.05) is 17.8 Å². The number of ether oxygens (including phenoxy) is 2. The number of fused-ring (bicyclic) bond motifs is 1. The van der Waals surface area contributed by atoms with Gasteiger partial charge in [0.2, 0.25) is 0 Å². The van der Waals surface area contributed by atoms with Gasteiger partial charge in [0.25, 0.3) is 5.91 Å². The van der Waals surface area contributed by atoms with Crippen molar-refractivity contribution in [1.29, 1.82) is 0 Å². The van der Waals surface area contributed by atoms with E-state index in [1.807, 2.05) is 18.2 Å². The number of carboxylic acids is 1. The fourth-order valence-corrected chi connectivity index (χ4v) is 3.45. The Kier molecular flexibility index (Phi) is 5.87. The van der Waals surface area contributed by atoms with Gasteiger partial charge in [-0.25, -0.2) is 4.79 Å². The number of carboxylic acid groups (broad SMARTS) is 1. The van der Waals surface area contributed by atoms with Crippen LogP contribution in [0.3, 0.4) is 0 Å². The number of nitrogens with zero attached hydrogens (tertiary/aromatic N) is 1. The van der Waals surface area contributed by atoms with E-state index in [1.165, 1.54) is 0 Å². The monoisotopic (exact) mass is 383 g/mol. The third kappa shape index (κ3) is 4.27. The predicted octanol–water partition coefficient (Wildman–Crippen LogP) is 3.63. The second-order valence-corrected chi connectivity index (χ2v) is 7.33. The Labute approximate surface area is 164 Å². The van der Waals surface area contributed by atoms with Crippen LogP contribution in [0.15, 0.2) is 42.5 Å². The zero-order valence-corrected chi connectivity index (χ0v) is 16.3. The minimum absolute atomic E-state index is 0.127. The van der Waals surface area contributed by atoms with Crippen LogP contribution in [0.4, 0.5) is 5.69 Å². The van der Waals surface area contributed by atoms with Crippen LogP contribution >= 0.6 is 0 Å². The maximum absolute atomic E-state index is 13.3. The first-order chi connectivity index (χ1) is 13.4. The lowest BCUT2D eigenvalue weighted by atomic mass is 9.84. The Morgan fingerprint density at radius 3 is 2.64 bits per heavy atom. The minimum Gasteiger partial charge on any atom is -0.497 e. The Morgan fingerprint density at radius 1 is 1.18 bits per heavy atom. The first kappa shape index (κ1) is 19.7. The third-order valence-electron chi connectivity index (χ3n) is 5.11. The van der Waals surface area contributed by atoms with Crippen LogP contribution in [0.1, 0.15) is 29.8 Å². The Balaban J connectivity index is 1.92. The van der Waals surface area contributed by atoms with Gasteiger partial charge in [-0.2, -0.15) is 0 Å². The molecule has 0 aromatic heterocycles. The van der Waals surface area contributed by atoms with Crippen molar-refractivity contribution in [3.05, 3.63) is 53.6 Å². The molecule has 2 aromatic carbocycles. The van der Waals surface area contributed by atoms with Crippen molar-refractivity contribution in [3.63, 3.8) is 0 Å². The topological polar surface area (TPSA) is 76.1 Å². The summed E-state index contributed by atoms with van der Waals surface area (Å²) >= 11 is 0. The molecule has 0 spiro atoms. The van der Waals surface area contributed by atoms with E-state index in [4.69, 9.17) is 14.6 Å². The zero-order valence-electron chi connectivity index (χ0n) is 16.3. The number of methoxy groups -OCH3 is 1. The molecule has 0 bridgehead atoms. The fourth-order valence-electron chi connectivity index (χ4n) is 3.45. The minimum atomic E-state index is -1.06. The lowest BCUT2D eigenvalue weighted by molar-refractivity contribution is -0.139. The van der Waals surface area contributed by atoms with Gasteiger partial charge >= 0.3 is 5.97 Å². The van der Waals surface area contributed by atoms with Gasteiger partial charge in [-0.1, -0.05) is 19.9 Å². The van der Waals surface area contributed by atoms with Gasteiger partial charge < -0.3 is 19.5 Å². The van der Waals surface area contributed by atoms with Gasteiger partial charge in [-0.3, -0.25) is 4.79 Å². The maximum atomic E-state index is 13.3. The van der Waals surface area contributed by atoms with Crippen LogP contribution in [0.2, 0.25) is 0 Å². The number of anilines is 1. The molecule has 1 aliphatic rings. The molecule has 0 fully saturated rings. The van der Waals surface area contributed by atoms with Crippen molar-refractivity contribution in [2.45, 2.75) is 20.3 Å².